The number of furan rings is 1. The van der Waals surface area contributed by atoms with Gasteiger partial charge in [0.1, 0.15) is 11.2 Å². The molecule has 0 saturated carbocycles. The average Bonchev–Trinajstić information content (AvgIpc) is 3.76. The van der Waals surface area contributed by atoms with Gasteiger partial charge < -0.3 is 4.42 Å². The Bertz CT molecular complexity index is 3070. The van der Waals surface area contributed by atoms with Crippen molar-refractivity contribution in [1.82, 2.24) is 0 Å². The number of thiophene rings is 1. The summed E-state index contributed by atoms with van der Waals surface area (Å²) in [6.07, 6.45) is 0. The van der Waals surface area contributed by atoms with Gasteiger partial charge in [-0.15, -0.1) is 11.3 Å². The Morgan fingerprint density at radius 1 is 0.360 bits per heavy atom. The van der Waals surface area contributed by atoms with Crippen molar-refractivity contribution < 1.29 is 4.42 Å². The van der Waals surface area contributed by atoms with E-state index in [1.54, 1.807) is 0 Å². The molecule has 11 rings (SSSR count). The molecular weight excluding hydrogens is 625 g/mol. The maximum absolute atomic E-state index is 7.13. The molecule has 0 atom stereocenters. The van der Waals surface area contributed by atoms with Gasteiger partial charge >= 0.3 is 0 Å². The molecule has 2 aromatic heterocycles. The van der Waals surface area contributed by atoms with E-state index in [-0.39, 0.29) is 0 Å². The van der Waals surface area contributed by atoms with Crippen LogP contribution in [0.4, 0.5) is 0 Å². The normalized spacial score (nSPS) is 12.0. The number of benzene rings is 9. The van der Waals surface area contributed by atoms with Gasteiger partial charge in [-0.05, 0) is 67.4 Å². The van der Waals surface area contributed by atoms with Crippen LogP contribution in [0.1, 0.15) is 0 Å². The predicted molar refractivity (Wildman–Crippen MR) is 215 cm³/mol. The van der Waals surface area contributed by atoms with Crippen LogP contribution in [-0.2, 0) is 0 Å². The highest BCUT2D eigenvalue weighted by Gasteiger charge is 2.24. The van der Waals surface area contributed by atoms with Crippen molar-refractivity contribution in [2.75, 3.05) is 0 Å². The second-order valence-electron chi connectivity index (χ2n) is 13.2. The van der Waals surface area contributed by atoms with Gasteiger partial charge in [-0.25, -0.2) is 0 Å². The smallest absolute Gasteiger partial charge is 0.144 e. The monoisotopic (exact) mass is 652 g/mol. The summed E-state index contributed by atoms with van der Waals surface area (Å²) in [6.45, 7) is 0. The predicted octanol–water partition coefficient (Wildman–Crippen LogP) is 14.4. The zero-order valence-corrected chi connectivity index (χ0v) is 27.8. The van der Waals surface area contributed by atoms with Crippen LogP contribution in [0.15, 0.2) is 174 Å². The molecule has 0 aliphatic rings. The fourth-order valence-electron chi connectivity index (χ4n) is 8.22. The summed E-state index contributed by atoms with van der Waals surface area (Å²) in [6, 6.07) is 61.8. The van der Waals surface area contributed by atoms with E-state index in [9.17, 15) is 0 Å². The van der Waals surface area contributed by atoms with Crippen molar-refractivity contribution in [3.05, 3.63) is 170 Å². The van der Waals surface area contributed by atoms with Crippen LogP contribution in [0.25, 0.3) is 108 Å². The summed E-state index contributed by atoms with van der Waals surface area (Å²) in [4.78, 5) is 0. The van der Waals surface area contributed by atoms with E-state index < -0.39 is 0 Å². The topological polar surface area (TPSA) is 13.1 Å². The highest BCUT2D eigenvalue weighted by atomic mass is 32.1. The van der Waals surface area contributed by atoms with Crippen molar-refractivity contribution in [2.24, 2.45) is 0 Å². The van der Waals surface area contributed by atoms with E-state index in [2.05, 4.69) is 170 Å². The molecule has 0 amide bonds. The Hall–Kier alpha value is -6.22. The maximum atomic E-state index is 7.13. The van der Waals surface area contributed by atoms with E-state index >= 15 is 0 Å². The first-order valence-corrected chi connectivity index (χ1v) is 17.9. The van der Waals surface area contributed by atoms with Gasteiger partial charge in [0.2, 0.25) is 0 Å². The molecule has 50 heavy (non-hydrogen) atoms. The summed E-state index contributed by atoms with van der Waals surface area (Å²) in [5.74, 6) is 0. The van der Waals surface area contributed by atoms with E-state index in [0.29, 0.717) is 0 Å². The summed E-state index contributed by atoms with van der Waals surface area (Å²) < 4.78 is 9.70. The Balaban J connectivity index is 1.28. The van der Waals surface area contributed by atoms with Crippen molar-refractivity contribution in [1.29, 1.82) is 0 Å². The zero-order valence-electron chi connectivity index (χ0n) is 27.0. The van der Waals surface area contributed by atoms with Crippen molar-refractivity contribution >= 4 is 85.8 Å². The minimum absolute atomic E-state index is 0.950. The standard InChI is InChI=1S/C48H28OS/c1-2-12-29(13-3-1)30-22-24-32(25-23-30)43-35-17-6-8-19-37(35)44(38-20-9-7-18-36(38)43)41-28-40-34-16-10-11-21-42(34)50-48(40)45-39-27-26-31-14-4-5-15-33(31)46(39)49-47(41)45/h1-28H. The van der Waals surface area contributed by atoms with Crippen LogP contribution in [0.2, 0.25) is 0 Å². The third-order valence-electron chi connectivity index (χ3n) is 10.5. The third kappa shape index (κ3) is 3.94. The molecule has 0 N–H and O–H groups in total. The number of rotatable bonds is 3. The Morgan fingerprint density at radius 2 is 0.920 bits per heavy atom. The summed E-state index contributed by atoms with van der Waals surface area (Å²) >= 11 is 1.87. The fourth-order valence-corrected chi connectivity index (χ4v) is 9.46. The van der Waals surface area contributed by atoms with E-state index in [1.165, 1.54) is 85.7 Å². The molecule has 0 unspecified atom stereocenters. The lowest BCUT2D eigenvalue weighted by Crippen LogP contribution is -1.91. The molecule has 1 nitrogen and oxygen atoms in total. The zero-order chi connectivity index (χ0) is 32.8. The van der Waals surface area contributed by atoms with Crippen molar-refractivity contribution in [2.45, 2.75) is 0 Å². The van der Waals surface area contributed by atoms with Crippen LogP contribution in [0.5, 0.6) is 0 Å². The SMILES string of the molecule is c1ccc(-c2ccc(-c3c4ccccc4c(-c4cc5c6ccccc6sc5c5c4oc4c6ccccc6ccc45)c4ccccc34)cc2)cc1. The molecule has 11 aromatic rings. The molecule has 2 heteroatoms. The summed E-state index contributed by atoms with van der Waals surface area (Å²) in [7, 11) is 0. The maximum Gasteiger partial charge on any atom is 0.144 e. The van der Waals surface area contributed by atoms with Crippen molar-refractivity contribution in [3.8, 4) is 33.4 Å². The van der Waals surface area contributed by atoms with Crippen LogP contribution >= 0.6 is 11.3 Å². The first kappa shape index (κ1) is 27.7. The van der Waals surface area contributed by atoms with Crippen molar-refractivity contribution in [3.63, 3.8) is 0 Å². The third-order valence-corrected chi connectivity index (χ3v) is 11.7. The largest absolute Gasteiger partial charge is 0.455 e. The highest BCUT2D eigenvalue weighted by molar-refractivity contribution is 7.26. The lowest BCUT2D eigenvalue weighted by Gasteiger charge is -2.18. The molecule has 0 radical (unpaired) electrons. The fraction of sp³-hybridized carbons (Fsp3) is 0. The molecule has 0 saturated heterocycles. The lowest BCUT2D eigenvalue weighted by atomic mass is 9.85. The number of hydrogen-bond acceptors (Lipinski definition) is 2. The molecule has 232 valence electrons. The average molecular weight is 653 g/mol. The minimum atomic E-state index is 0.950. The number of hydrogen-bond donors (Lipinski definition) is 0. The van der Waals surface area contributed by atoms with Crippen LogP contribution in [-0.4, -0.2) is 0 Å². The first-order valence-electron chi connectivity index (χ1n) is 17.1. The van der Waals surface area contributed by atoms with Gasteiger partial charge in [-0.3, -0.25) is 0 Å². The van der Waals surface area contributed by atoms with Gasteiger partial charge in [0, 0.05) is 47.5 Å². The Labute approximate surface area is 292 Å². The Morgan fingerprint density at radius 3 is 1.64 bits per heavy atom. The van der Waals surface area contributed by atoms with Gasteiger partial charge in [0.15, 0.2) is 0 Å². The quantitative estimate of drug-likeness (QED) is 0.173. The molecule has 0 spiro atoms. The van der Waals surface area contributed by atoms with Gasteiger partial charge in [-0.1, -0.05) is 152 Å². The lowest BCUT2D eigenvalue weighted by molar-refractivity contribution is 0.674. The molecule has 0 fully saturated rings. The molecule has 0 aliphatic heterocycles. The van der Waals surface area contributed by atoms with Gasteiger partial charge in [-0.2, -0.15) is 0 Å². The van der Waals surface area contributed by atoms with E-state index in [0.717, 1.165) is 22.1 Å². The molecular formula is C48H28OS. The summed E-state index contributed by atoms with van der Waals surface area (Å²) in [5.41, 5.74) is 9.16. The van der Waals surface area contributed by atoms with Crippen LogP contribution < -0.4 is 0 Å². The minimum Gasteiger partial charge on any atom is -0.455 e. The molecule has 0 aliphatic carbocycles. The van der Waals surface area contributed by atoms with E-state index in [1.807, 2.05) is 11.3 Å². The Kier molecular flexibility index (Phi) is 5.89. The van der Waals surface area contributed by atoms with Crippen LogP contribution in [0, 0.1) is 0 Å². The molecule has 9 aromatic carbocycles. The van der Waals surface area contributed by atoms with Gasteiger partial charge in [0.25, 0.3) is 0 Å². The molecule has 2 heterocycles. The van der Waals surface area contributed by atoms with Crippen LogP contribution in [0.3, 0.4) is 0 Å². The second kappa shape index (κ2) is 10.6. The highest BCUT2D eigenvalue weighted by Crippen LogP contribution is 2.51. The van der Waals surface area contributed by atoms with Gasteiger partial charge in [0.05, 0.1) is 0 Å². The first-order chi connectivity index (χ1) is 24.8. The molecule has 0 bridgehead atoms. The summed E-state index contributed by atoms with van der Waals surface area (Å²) in [5, 5.41) is 12.2. The van der Waals surface area contributed by atoms with E-state index in [4.69, 9.17) is 4.42 Å². The number of fused-ring (bicyclic) bond motifs is 11. The second-order valence-corrected chi connectivity index (χ2v) is 14.2.